The van der Waals surface area contributed by atoms with Gasteiger partial charge >= 0.3 is 0 Å². The molecule has 0 spiro atoms. The Labute approximate surface area is 90.3 Å². The summed E-state index contributed by atoms with van der Waals surface area (Å²) >= 11 is 0. The van der Waals surface area contributed by atoms with Gasteiger partial charge in [-0.1, -0.05) is 12.1 Å². The van der Waals surface area contributed by atoms with E-state index in [4.69, 9.17) is 10.5 Å². The predicted octanol–water partition coefficient (Wildman–Crippen LogP) is 1.50. The van der Waals surface area contributed by atoms with Gasteiger partial charge in [-0.2, -0.15) is 0 Å². The third-order valence-corrected chi connectivity index (χ3v) is 1.94. The second-order valence-corrected chi connectivity index (χ2v) is 2.87. The molecule has 3 N–H and O–H groups in total. The summed E-state index contributed by atoms with van der Waals surface area (Å²) in [6.07, 6.45) is 0.127. The van der Waals surface area contributed by atoms with Gasteiger partial charge in [-0.05, 0) is 30.7 Å². The van der Waals surface area contributed by atoms with Crippen LogP contribution >= 0.6 is 12.4 Å². The number of hydrogen-bond donors (Lipinski definition) is 2. The summed E-state index contributed by atoms with van der Waals surface area (Å²) in [7, 11) is 1.62. The van der Waals surface area contributed by atoms with E-state index >= 15 is 0 Å². The standard InChI is InChI=1S/C10H15NO2.ClH/c1-13-9-4-2-8(3-5-9)10(12)6-7-11;/h2-5,10,12H,6-7,11H2,1H3;1H. The Morgan fingerprint density at radius 2 is 1.93 bits per heavy atom. The number of aliphatic hydroxyl groups excluding tert-OH is 1. The number of aliphatic hydroxyl groups is 1. The molecule has 0 saturated heterocycles. The zero-order valence-electron chi connectivity index (χ0n) is 8.14. The fourth-order valence-electron chi connectivity index (χ4n) is 1.15. The van der Waals surface area contributed by atoms with E-state index in [1.807, 2.05) is 24.3 Å². The SMILES string of the molecule is COc1ccc(C(O)CCN)cc1.Cl. The van der Waals surface area contributed by atoms with E-state index in [1.54, 1.807) is 7.11 Å². The third-order valence-electron chi connectivity index (χ3n) is 1.94. The van der Waals surface area contributed by atoms with E-state index in [0.717, 1.165) is 11.3 Å². The second-order valence-electron chi connectivity index (χ2n) is 2.87. The van der Waals surface area contributed by atoms with Gasteiger partial charge in [0.1, 0.15) is 5.75 Å². The Bertz CT molecular complexity index is 251. The molecule has 0 aliphatic carbocycles. The lowest BCUT2D eigenvalue weighted by Gasteiger charge is -2.09. The lowest BCUT2D eigenvalue weighted by molar-refractivity contribution is 0.170. The Hall–Kier alpha value is -0.770. The smallest absolute Gasteiger partial charge is 0.118 e. The van der Waals surface area contributed by atoms with E-state index in [0.29, 0.717) is 13.0 Å². The summed E-state index contributed by atoms with van der Waals surface area (Å²) in [5.41, 5.74) is 6.22. The molecule has 0 radical (unpaired) electrons. The minimum Gasteiger partial charge on any atom is -0.497 e. The first-order valence-electron chi connectivity index (χ1n) is 4.30. The number of nitrogens with two attached hydrogens (primary N) is 1. The molecule has 0 heterocycles. The highest BCUT2D eigenvalue weighted by molar-refractivity contribution is 5.85. The van der Waals surface area contributed by atoms with Crippen molar-refractivity contribution >= 4 is 12.4 Å². The molecular formula is C10H16ClNO2. The highest BCUT2D eigenvalue weighted by Crippen LogP contribution is 2.19. The number of hydrogen-bond acceptors (Lipinski definition) is 3. The summed E-state index contributed by atoms with van der Waals surface area (Å²) in [5.74, 6) is 0.795. The molecule has 1 aromatic rings. The lowest BCUT2D eigenvalue weighted by atomic mass is 10.1. The third kappa shape index (κ3) is 3.54. The molecule has 0 aliphatic heterocycles. The molecule has 14 heavy (non-hydrogen) atoms. The molecule has 1 unspecified atom stereocenters. The minimum absolute atomic E-state index is 0. The summed E-state index contributed by atoms with van der Waals surface area (Å²) in [5, 5.41) is 9.56. The second kappa shape index (κ2) is 6.65. The van der Waals surface area contributed by atoms with Gasteiger partial charge in [0.15, 0.2) is 0 Å². The maximum atomic E-state index is 9.56. The fourth-order valence-corrected chi connectivity index (χ4v) is 1.15. The molecule has 0 aromatic heterocycles. The summed E-state index contributed by atoms with van der Waals surface area (Å²) in [4.78, 5) is 0. The van der Waals surface area contributed by atoms with Crippen molar-refractivity contribution in [3.8, 4) is 5.75 Å². The fraction of sp³-hybridized carbons (Fsp3) is 0.400. The van der Waals surface area contributed by atoms with E-state index < -0.39 is 6.10 Å². The quantitative estimate of drug-likeness (QED) is 0.804. The van der Waals surface area contributed by atoms with Gasteiger partial charge in [-0.15, -0.1) is 12.4 Å². The number of rotatable bonds is 4. The van der Waals surface area contributed by atoms with Crippen molar-refractivity contribution in [3.05, 3.63) is 29.8 Å². The topological polar surface area (TPSA) is 55.5 Å². The first-order valence-corrected chi connectivity index (χ1v) is 4.30. The molecule has 80 valence electrons. The molecule has 1 rings (SSSR count). The minimum atomic E-state index is -0.462. The molecule has 1 atom stereocenters. The summed E-state index contributed by atoms with van der Waals surface area (Å²) < 4.78 is 5.00. The Balaban J connectivity index is 0.00000169. The van der Waals surface area contributed by atoms with Gasteiger partial charge in [-0.3, -0.25) is 0 Å². The van der Waals surface area contributed by atoms with Crippen LogP contribution in [0.15, 0.2) is 24.3 Å². The lowest BCUT2D eigenvalue weighted by Crippen LogP contribution is -2.06. The van der Waals surface area contributed by atoms with Crippen molar-refractivity contribution in [1.29, 1.82) is 0 Å². The van der Waals surface area contributed by atoms with Crippen molar-refractivity contribution in [1.82, 2.24) is 0 Å². The molecule has 0 amide bonds. The summed E-state index contributed by atoms with van der Waals surface area (Å²) in [6, 6.07) is 7.35. The van der Waals surface area contributed by atoms with Crippen LogP contribution in [0.4, 0.5) is 0 Å². The first kappa shape index (κ1) is 13.2. The van der Waals surface area contributed by atoms with E-state index in [1.165, 1.54) is 0 Å². The highest BCUT2D eigenvalue weighted by atomic mass is 35.5. The van der Waals surface area contributed by atoms with Crippen molar-refractivity contribution in [3.63, 3.8) is 0 Å². The Kier molecular flexibility index (Phi) is 6.28. The van der Waals surface area contributed by atoms with Crippen LogP contribution in [0.2, 0.25) is 0 Å². The largest absolute Gasteiger partial charge is 0.497 e. The van der Waals surface area contributed by atoms with Crippen molar-refractivity contribution < 1.29 is 9.84 Å². The van der Waals surface area contributed by atoms with Gasteiger partial charge in [0, 0.05) is 0 Å². The van der Waals surface area contributed by atoms with Gasteiger partial charge in [0.25, 0.3) is 0 Å². The van der Waals surface area contributed by atoms with Crippen molar-refractivity contribution in [2.24, 2.45) is 5.73 Å². The average molecular weight is 218 g/mol. The van der Waals surface area contributed by atoms with Crippen LogP contribution in [-0.2, 0) is 0 Å². The predicted molar refractivity (Wildman–Crippen MR) is 58.9 cm³/mol. The molecule has 4 heteroatoms. The average Bonchev–Trinajstić information content (AvgIpc) is 2.18. The monoisotopic (exact) mass is 217 g/mol. The number of benzene rings is 1. The van der Waals surface area contributed by atoms with Crippen LogP contribution in [0, 0.1) is 0 Å². The van der Waals surface area contributed by atoms with E-state index in [2.05, 4.69) is 0 Å². The first-order chi connectivity index (χ1) is 6.27. The zero-order valence-corrected chi connectivity index (χ0v) is 8.96. The van der Waals surface area contributed by atoms with Gasteiger partial charge in [-0.25, -0.2) is 0 Å². The van der Waals surface area contributed by atoms with Gasteiger partial charge in [0.05, 0.1) is 13.2 Å². The normalized spacial score (nSPS) is 11.6. The van der Waals surface area contributed by atoms with Crippen LogP contribution in [0.5, 0.6) is 5.75 Å². The van der Waals surface area contributed by atoms with E-state index in [9.17, 15) is 5.11 Å². The van der Waals surface area contributed by atoms with Crippen molar-refractivity contribution in [2.75, 3.05) is 13.7 Å². The van der Waals surface area contributed by atoms with E-state index in [-0.39, 0.29) is 12.4 Å². The molecule has 1 aromatic carbocycles. The van der Waals surface area contributed by atoms with Crippen LogP contribution < -0.4 is 10.5 Å². The summed E-state index contributed by atoms with van der Waals surface area (Å²) in [6.45, 7) is 0.493. The zero-order chi connectivity index (χ0) is 9.68. The van der Waals surface area contributed by atoms with Crippen LogP contribution in [0.25, 0.3) is 0 Å². The molecule has 3 nitrogen and oxygen atoms in total. The maximum absolute atomic E-state index is 9.56. The van der Waals surface area contributed by atoms with Crippen LogP contribution in [0.3, 0.4) is 0 Å². The van der Waals surface area contributed by atoms with Crippen LogP contribution in [-0.4, -0.2) is 18.8 Å². The molecule has 0 fully saturated rings. The maximum Gasteiger partial charge on any atom is 0.118 e. The molecule has 0 bridgehead atoms. The number of methoxy groups -OCH3 is 1. The number of halogens is 1. The highest BCUT2D eigenvalue weighted by Gasteiger charge is 2.05. The molecule has 0 aliphatic rings. The molecular weight excluding hydrogens is 202 g/mol. The van der Waals surface area contributed by atoms with Crippen LogP contribution in [0.1, 0.15) is 18.1 Å². The molecule has 0 saturated carbocycles. The Morgan fingerprint density at radius 1 is 1.36 bits per heavy atom. The number of ether oxygens (including phenoxy) is 1. The Morgan fingerprint density at radius 3 is 2.36 bits per heavy atom. The van der Waals surface area contributed by atoms with Gasteiger partial charge in [0.2, 0.25) is 0 Å². The van der Waals surface area contributed by atoms with Gasteiger partial charge < -0.3 is 15.6 Å². The van der Waals surface area contributed by atoms with Crippen molar-refractivity contribution in [2.45, 2.75) is 12.5 Å².